The normalized spacial score (nSPS) is 10.8. The average molecular weight is 245 g/mol. The molecule has 96 valence electrons. The van der Waals surface area contributed by atoms with Crippen molar-refractivity contribution in [1.29, 1.82) is 0 Å². The van der Waals surface area contributed by atoms with Gasteiger partial charge >= 0.3 is 0 Å². The van der Waals surface area contributed by atoms with E-state index in [-0.39, 0.29) is 0 Å². The molecule has 0 aliphatic rings. The van der Waals surface area contributed by atoms with E-state index in [1.165, 1.54) is 5.56 Å². The molecule has 0 saturated heterocycles. The fourth-order valence-electron chi connectivity index (χ4n) is 1.85. The summed E-state index contributed by atoms with van der Waals surface area (Å²) in [7, 11) is 1.91. The molecule has 0 bridgehead atoms. The molecule has 2 aromatic rings. The van der Waals surface area contributed by atoms with Gasteiger partial charge < -0.3 is 14.5 Å². The Morgan fingerprint density at radius 2 is 1.94 bits per heavy atom. The summed E-state index contributed by atoms with van der Waals surface area (Å²) in [5.41, 5.74) is 2.31. The molecule has 0 atom stereocenters. The molecule has 0 fully saturated rings. The van der Waals surface area contributed by atoms with Gasteiger partial charge in [-0.05, 0) is 25.6 Å². The van der Waals surface area contributed by atoms with E-state index in [2.05, 4.69) is 23.5 Å². The molecule has 1 N–H and O–H groups in total. The first-order valence-corrected chi connectivity index (χ1v) is 6.14. The Bertz CT molecular complexity index is 476. The molecule has 1 aromatic heterocycles. The van der Waals surface area contributed by atoms with Gasteiger partial charge in [-0.25, -0.2) is 0 Å². The highest BCUT2D eigenvalue weighted by molar-refractivity contribution is 5.20. The zero-order chi connectivity index (χ0) is 12.8. The summed E-state index contributed by atoms with van der Waals surface area (Å²) < 4.78 is 11.3. The van der Waals surface area contributed by atoms with Gasteiger partial charge in [0, 0.05) is 5.56 Å². The molecule has 0 unspecified atom stereocenters. The van der Waals surface area contributed by atoms with Crippen LogP contribution >= 0.6 is 0 Å². The highest BCUT2D eigenvalue weighted by Gasteiger charge is 2.06. The Hall–Kier alpha value is -1.58. The second-order valence-corrected chi connectivity index (χ2v) is 4.30. The maximum absolute atomic E-state index is 5.70. The van der Waals surface area contributed by atoms with Crippen LogP contribution in [-0.2, 0) is 24.5 Å². The first kappa shape index (κ1) is 12.9. The zero-order valence-corrected chi connectivity index (χ0v) is 10.9. The van der Waals surface area contributed by atoms with Gasteiger partial charge in [-0.15, -0.1) is 0 Å². The topological polar surface area (TPSA) is 34.4 Å². The van der Waals surface area contributed by atoms with Gasteiger partial charge in [0.1, 0.15) is 11.5 Å². The molecule has 0 aliphatic heterocycles. The Balaban J connectivity index is 1.86. The van der Waals surface area contributed by atoms with Gasteiger partial charge in [0.05, 0.1) is 19.8 Å². The van der Waals surface area contributed by atoms with E-state index in [4.69, 9.17) is 9.15 Å². The molecule has 2 rings (SSSR count). The fraction of sp³-hybridized carbons (Fsp3) is 0.333. The third kappa shape index (κ3) is 3.45. The van der Waals surface area contributed by atoms with Crippen molar-refractivity contribution < 1.29 is 9.15 Å². The number of nitrogens with one attached hydrogen (secondary N) is 1. The lowest BCUT2D eigenvalue weighted by atomic mass is 10.2. The van der Waals surface area contributed by atoms with Crippen LogP contribution in [0.1, 0.15) is 22.6 Å². The minimum Gasteiger partial charge on any atom is -0.465 e. The van der Waals surface area contributed by atoms with Crippen LogP contribution in [0.5, 0.6) is 0 Å². The van der Waals surface area contributed by atoms with Gasteiger partial charge in [-0.3, -0.25) is 0 Å². The van der Waals surface area contributed by atoms with Gasteiger partial charge in [0.25, 0.3) is 0 Å². The Kier molecular flexibility index (Phi) is 4.56. The summed E-state index contributed by atoms with van der Waals surface area (Å²) in [6.07, 6.45) is 0. The van der Waals surface area contributed by atoms with Crippen LogP contribution in [0.4, 0.5) is 0 Å². The van der Waals surface area contributed by atoms with E-state index in [0.717, 1.165) is 23.6 Å². The minimum absolute atomic E-state index is 0.591. The first-order valence-electron chi connectivity index (χ1n) is 6.14. The molecule has 1 heterocycles. The molecule has 0 radical (unpaired) electrons. The molecule has 18 heavy (non-hydrogen) atoms. The number of furan rings is 1. The smallest absolute Gasteiger partial charge is 0.118 e. The average Bonchev–Trinajstić information content (AvgIpc) is 2.72. The lowest BCUT2D eigenvalue weighted by molar-refractivity contribution is 0.106. The summed E-state index contributed by atoms with van der Waals surface area (Å²) in [6, 6.07) is 12.2. The molecule has 3 heteroatoms. The number of rotatable bonds is 6. The summed E-state index contributed by atoms with van der Waals surface area (Å²) in [5.74, 6) is 1.89. The Morgan fingerprint density at radius 3 is 2.67 bits per heavy atom. The molecular weight excluding hydrogens is 226 g/mol. The van der Waals surface area contributed by atoms with Crippen molar-refractivity contribution in [1.82, 2.24) is 5.32 Å². The number of hydrogen-bond acceptors (Lipinski definition) is 3. The summed E-state index contributed by atoms with van der Waals surface area (Å²) >= 11 is 0. The van der Waals surface area contributed by atoms with E-state index in [1.54, 1.807) is 0 Å². The van der Waals surface area contributed by atoms with Crippen molar-refractivity contribution in [2.45, 2.75) is 26.7 Å². The molecule has 0 spiro atoms. The van der Waals surface area contributed by atoms with Crippen molar-refractivity contribution in [3.8, 4) is 0 Å². The zero-order valence-electron chi connectivity index (χ0n) is 10.9. The lowest BCUT2D eigenvalue weighted by Gasteiger charge is -2.03. The maximum atomic E-state index is 5.70. The lowest BCUT2D eigenvalue weighted by Crippen LogP contribution is -2.03. The van der Waals surface area contributed by atoms with Crippen LogP contribution in [0.3, 0.4) is 0 Å². The van der Waals surface area contributed by atoms with Crippen LogP contribution in [0.2, 0.25) is 0 Å². The molecular formula is C15H19NO2. The van der Waals surface area contributed by atoms with E-state index in [9.17, 15) is 0 Å². The summed E-state index contributed by atoms with van der Waals surface area (Å²) in [6.45, 7) is 3.95. The van der Waals surface area contributed by atoms with E-state index < -0.39 is 0 Å². The predicted molar refractivity (Wildman–Crippen MR) is 71.1 cm³/mol. The Morgan fingerprint density at radius 1 is 1.17 bits per heavy atom. The second kappa shape index (κ2) is 6.38. The molecule has 0 saturated carbocycles. The monoisotopic (exact) mass is 245 g/mol. The summed E-state index contributed by atoms with van der Waals surface area (Å²) in [4.78, 5) is 0. The minimum atomic E-state index is 0.591. The number of ether oxygens (including phenoxy) is 1. The van der Waals surface area contributed by atoms with Gasteiger partial charge in [-0.1, -0.05) is 30.3 Å². The second-order valence-electron chi connectivity index (χ2n) is 4.30. The first-order chi connectivity index (χ1) is 8.79. The standard InChI is InChI=1S/C15H19NO2/c1-12-14(8-15(18-12)9-16-2)11-17-10-13-6-4-3-5-7-13/h3-8,16H,9-11H2,1-2H3. The number of hydrogen-bond donors (Lipinski definition) is 1. The maximum Gasteiger partial charge on any atom is 0.118 e. The van der Waals surface area contributed by atoms with Crippen molar-refractivity contribution >= 4 is 0 Å². The van der Waals surface area contributed by atoms with Gasteiger partial charge in [-0.2, -0.15) is 0 Å². The molecule has 3 nitrogen and oxygen atoms in total. The quantitative estimate of drug-likeness (QED) is 0.849. The largest absolute Gasteiger partial charge is 0.465 e. The van der Waals surface area contributed by atoms with Crippen LogP contribution < -0.4 is 5.32 Å². The SMILES string of the molecule is CNCc1cc(COCc2ccccc2)c(C)o1. The van der Waals surface area contributed by atoms with Crippen molar-refractivity contribution in [2.24, 2.45) is 0 Å². The van der Waals surface area contributed by atoms with Crippen molar-refractivity contribution in [3.63, 3.8) is 0 Å². The number of benzene rings is 1. The van der Waals surface area contributed by atoms with Crippen LogP contribution in [-0.4, -0.2) is 7.05 Å². The van der Waals surface area contributed by atoms with Gasteiger partial charge in [0.2, 0.25) is 0 Å². The third-order valence-electron chi connectivity index (χ3n) is 2.79. The number of aryl methyl sites for hydroxylation is 1. The van der Waals surface area contributed by atoms with Crippen molar-refractivity contribution in [3.05, 3.63) is 59.0 Å². The van der Waals surface area contributed by atoms with Crippen LogP contribution in [0.15, 0.2) is 40.8 Å². The van der Waals surface area contributed by atoms with Gasteiger partial charge in [0.15, 0.2) is 0 Å². The van der Waals surface area contributed by atoms with E-state index in [0.29, 0.717) is 13.2 Å². The summed E-state index contributed by atoms with van der Waals surface area (Å²) in [5, 5.41) is 3.07. The van der Waals surface area contributed by atoms with E-state index >= 15 is 0 Å². The van der Waals surface area contributed by atoms with Crippen molar-refractivity contribution in [2.75, 3.05) is 7.05 Å². The van der Waals surface area contributed by atoms with E-state index in [1.807, 2.05) is 32.2 Å². The molecule has 0 aliphatic carbocycles. The molecule has 0 amide bonds. The van der Waals surface area contributed by atoms with Crippen LogP contribution in [0, 0.1) is 6.92 Å². The Labute approximate surface area is 108 Å². The highest BCUT2D eigenvalue weighted by atomic mass is 16.5. The third-order valence-corrected chi connectivity index (χ3v) is 2.79. The predicted octanol–water partition coefficient (Wildman–Crippen LogP) is 3.02. The fourth-order valence-corrected chi connectivity index (χ4v) is 1.85. The highest BCUT2D eigenvalue weighted by Crippen LogP contribution is 2.16. The van der Waals surface area contributed by atoms with Crippen LogP contribution in [0.25, 0.3) is 0 Å². The molecule has 1 aromatic carbocycles.